The van der Waals surface area contributed by atoms with Gasteiger partial charge in [0, 0.05) is 13.1 Å². The van der Waals surface area contributed by atoms with Crippen LogP contribution in [0.25, 0.3) is 0 Å². The van der Waals surface area contributed by atoms with E-state index in [1.165, 1.54) is 25.9 Å². The second kappa shape index (κ2) is 3.58. The first kappa shape index (κ1) is 7.60. The second-order valence-corrected chi connectivity index (χ2v) is 2.23. The Morgan fingerprint density at radius 3 is 1.71 bits per heavy atom. The Bertz CT molecular complexity index is 45.0. The van der Waals surface area contributed by atoms with Crippen molar-refractivity contribution in [2.24, 2.45) is 0 Å². The zero-order valence-electron chi connectivity index (χ0n) is 4.13. The fraction of sp³-hybridized carbons (Fsp3) is 1.00. The van der Waals surface area contributed by atoms with E-state index in [0.29, 0.717) is 0 Å². The minimum Gasteiger partial charge on any atom is -0.253 e. The first-order valence-electron chi connectivity index (χ1n) is 2.33. The van der Waals surface area contributed by atoms with Crippen LogP contribution in [-0.4, -0.2) is 17.4 Å². The lowest BCUT2D eigenvalue weighted by Gasteiger charge is -1.99. The van der Waals surface area contributed by atoms with Crippen LogP contribution < -0.4 is 0 Å². The lowest BCUT2D eigenvalue weighted by Crippen LogP contribution is -2.02. The third-order valence-corrected chi connectivity index (χ3v) is 1.48. The van der Waals surface area contributed by atoms with Gasteiger partial charge in [0.2, 0.25) is 0 Å². The first-order chi connectivity index (χ1) is 2.89. The number of rotatable bonds is 0. The van der Waals surface area contributed by atoms with E-state index in [1.807, 2.05) is 0 Å². The van der Waals surface area contributed by atoms with Crippen LogP contribution in [-0.2, 0) is 0 Å². The number of thiol groups is 1. The van der Waals surface area contributed by atoms with E-state index in [2.05, 4.69) is 17.1 Å². The second-order valence-electron chi connectivity index (χ2n) is 1.66. The Labute approximate surface area is 56.0 Å². The summed E-state index contributed by atoms with van der Waals surface area (Å²) in [5, 5.41) is 0. The van der Waals surface area contributed by atoms with E-state index in [0.717, 1.165) is 0 Å². The number of hydrogen-bond donors (Lipinski definition) is 1. The van der Waals surface area contributed by atoms with Crippen LogP contribution in [0, 0.1) is 0 Å². The number of hydrogen-bond acceptors (Lipinski definition) is 2. The Kier molecular flexibility index (Phi) is 3.89. The summed E-state index contributed by atoms with van der Waals surface area (Å²) in [6, 6.07) is 0. The van der Waals surface area contributed by atoms with Crippen LogP contribution >= 0.6 is 25.2 Å². The summed E-state index contributed by atoms with van der Waals surface area (Å²) in [7, 11) is 0. The van der Waals surface area contributed by atoms with Crippen molar-refractivity contribution in [3.8, 4) is 0 Å². The largest absolute Gasteiger partial charge is 0.253 e. The average Bonchev–Trinajstić information content (AvgIpc) is 1.86. The predicted octanol–water partition coefficient (Wildman–Crippen LogP) is 1.35. The van der Waals surface area contributed by atoms with Gasteiger partial charge in [-0.15, -0.1) is 12.4 Å². The maximum Gasteiger partial charge on any atom is 0.00874 e. The zero-order chi connectivity index (χ0) is 4.41. The molecule has 1 fully saturated rings. The molecule has 1 aliphatic rings. The van der Waals surface area contributed by atoms with E-state index in [1.54, 1.807) is 0 Å². The molecule has 0 aromatic rings. The van der Waals surface area contributed by atoms with Crippen LogP contribution in [0.1, 0.15) is 12.8 Å². The van der Waals surface area contributed by atoms with Crippen molar-refractivity contribution in [3.05, 3.63) is 0 Å². The summed E-state index contributed by atoms with van der Waals surface area (Å²) in [5.41, 5.74) is 0. The summed E-state index contributed by atoms with van der Waals surface area (Å²) < 4.78 is 2.06. The van der Waals surface area contributed by atoms with Crippen molar-refractivity contribution < 1.29 is 0 Å². The molecule has 1 aliphatic heterocycles. The Morgan fingerprint density at radius 2 is 1.57 bits per heavy atom. The van der Waals surface area contributed by atoms with E-state index >= 15 is 0 Å². The van der Waals surface area contributed by atoms with Gasteiger partial charge in [-0.3, -0.25) is 4.31 Å². The van der Waals surface area contributed by atoms with Crippen LogP contribution in [0.5, 0.6) is 0 Å². The smallest absolute Gasteiger partial charge is 0.00874 e. The molecule has 0 radical (unpaired) electrons. The van der Waals surface area contributed by atoms with Crippen molar-refractivity contribution in [1.29, 1.82) is 0 Å². The average molecular weight is 140 g/mol. The molecule has 0 aliphatic carbocycles. The molecular weight excluding hydrogens is 130 g/mol. The molecule has 0 unspecified atom stereocenters. The van der Waals surface area contributed by atoms with Crippen molar-refractivity contribution in [2.45, 2.75) is 12.8 Å². The summed E-state index contributed by atoms with van der Waals surface area (Å²) in [6.07, 6.45) is 2.67. The number of nitrogens with zero attached hydrogens (tertiary/aromatic N) is 1. The fourth-order valence-corrected chi connectivity index (χ4v) is 0.983. The minimum atomic E-state index is 0. The van der Waals surface area contributed by atoms with Gasteiger partial charge in [-0.2, -0.15) is 0 Å². The van der Waals surface area contributed by atoms with Gasteiger partial charge in [0.25, 0.3) is 0 Å². The van der Waals surface area contributed by atoms with Crippen molar-refractivity contribution in [1.82, 2.24) is 4.31 Å². The summed E-state index contributed by atoms with van der Waals surface area (Å²) >= 11 is 4.13. The van der Waals surface area contributed by atoms with Crippen molar-refractivity contribution >= 4 is 25.2 Å². The van der Waals surface area contributed by atoms with Gasteiger partial charge in [-0.1, -0.05) is 12.8 Å². The summed E-state index contributed by atoms with van der Waals surface area (Å²) in [5.74, 6) is 0. The molecule has 1 saturated heterocycles. The summed E-state index contributed by atoms with van der Waals surface area (Å²) in [6.45, 7) is 2.37. The molecule has 3 heteroatoms. The highest BCUT2D eigenvalue weighted by Crippen LogP contribution is 2.07. The maximum atomic E-state index is 4.13. The van der Waals surface area contributed by atoms with E-state index in [4.69, 9.17) is 0 Å². The molecule has 1 heterocycles. The van der Waals surface area contributed by atoms with E-state index in [-0.39, 0.29) is 12.4 Å². The quantitative estimate of drug-likeness (QED) is 0.496. The molecular formula is C4H10ClNS. The Morgan fingerprint density at radius 1 is 1.14 bits per heavy atom. The molecule has 7 heavy (non-hydrogen) atoms. The highest BCUT2D eigenvalue weighted by molar-refractivity contribution is 7.77. The van der Waals surface area contributed by atoms with Crippen molar-refractivity contribution in [3.63, 3.8) is 0 Å². The SMILES string of the molecule is Cl.SN1CCCC1. The Balaban J connectivity index is 0.000000360. The number of halogens is 1. The van der Waals surface area contributed by atoms with Crippen LogP contribution in [0.4, 0.5) is 0 Å². The molecule has 0 bridgehead atoms. The van der Waals surface area contributed by atoms with Crippen molar-refractivity contribution in [2.75, 3.05) is 13.1 Å². The van der Waals surface area contributed by atoms with Gasteiger partial charge in [0.1, 0.15) is 0 Å². The highest BCUT2D eigenvalue weighted by atomic mass is 35.5. The maximum absolute atomic E-state index is 4.13. The first-order valence-corrected chi connectivity index (χ1v) is 2.73. The normalized spacial score (nSPS) is 21.9. The lowest BCUT2D eigenvalue weighted by atomic mass is 10.4. The molecule has 0 N–H and O–H groups in total. The van der Waals surface area contributed by atoms with Crippen LogP contribution in [0.15, 0.2) is 0 Å². The van der Waals surface area contributed by atoms with Crippen LogP contribution in [0.3, 0.4) is 0 Å². The van der Waals surface area contributed by atoms with Gasteiger partial charge in [-0.05, 0) is 12.8 Å². The molecule has 1 nitrogen and oxygen atoms in total. The molecule has 0 aromatic heterocycles. The lowest BCUT2D eigenvalue weighted by molar-refractivity contribution is 0.595. The topological polar surface area (TPSA) is 3.24 Å². The molecule has 0 amide bonds. The van der Waals surface area contributed by atoms with Gasteiger partial charge in [0.05, 0.1) is 0 Å². The molecule has 0 spiro atoms. The van der Waals surface area contributed by atoms with E-state index < -0.39 is 0 Å². The monoisotopic (exact) mass is 139 g/mol. The standard InChI is InChI=1S/C4H9NS.ClH/c6-5-3-1-2-4-5;/h6H,1-4H2;1H. The minimum absolute atomic E-state index is 0. The van der Waals surface area contributed by atoms with Gasteiger partial charge in [-0.25, -0.2) is 0 Å². The third-order valence-electron chi connectivity index (χ3n) is 1.08. The summed E-state index contributed by atoms with van der Waals surface area (Å²) in [4.78, 5) is 0. The third kappa shape index (κ3) is 2.42. The molecule has 0 atom stereocenters. The molecule has 44 valence electrons. The van der Waals surface area contributed by atoms with Gasteiger partial charge in [0.15, 0.2) is 0 Å². The highest BCUT2D eigenvalue weighted by Gasteiger charge is 2.04. The van der Waals surface area contributed by atoms with E-state index in [9.17, 15) is 0 Å². The Hall–Kier alpha value is 0.600. The zero-order valence-corrected chi connectivity index (χ0v) is 5.84. The molecule has 1 rings (SSSR count). The van der Waals surface area contributed by atoms with Gasteiger partial charge < -0.3 is 0 Å². The predicted molar refractivity (Wildman–Crippen MR) is 37.0 cm³/mol. The molecule has 0 aromatic carbocycles. The van der Waals surface area contributed by atoms with Gasteiger partial charge >= 0.3 is 0 Å². The van der Waals surface area contributed by atoms with Crippen LogP contribution in [0.2, 0.25) is 0 Å². The molecule has 0 saturated carbocycles. The fourth-order valence-electron chi connectivity index (χ4n) is 0.700.